The third-order valence-electron chi connectivity index (χ3n) is 5.11. The summed E-state index contributed by atoms with van der Waals surface area (Å²) in [4.78, 5) is 28.9. The highest BCUT2D eigenvalue weighted by atomic mass is 35.5. The van der Waals surface area contributed by atoms with Gasteiger partial charge in [-0.05, 0) is 37.6 Å². The van der Waals surface area contributed by atoms with Crippen LogP contribution >= 0.6 is 23.4 Å². The van der Waals surface area contributed by atoms with Crippen LogP contribution in [0.2, 0.25) is 5.02 Å². The number of carbonyl (C=O) groups is 2. The van der Waals surface area contributed by atoms with Crippen LogP contribution in [-0.4, -0.2) is 65.8 Å². The van der Waals surface area contributed by atoms with E-state index >= 15 is 0 Å². The maximum atomic E-state index is 12.9. The number of rotatable bonds is 4. The number of likely N-dealkylation sites (tertiary alicyclic amines) is 1. The van der Waals surface area contributed by atoms with E-state index in [0.717, 1.165) is 55.6 Å². The van der Waals surface area contributed by atoms with Crippen molar-refractivity contribution in [1.29, 1.82) is 0 Å². The SMILES string of the molecule is O=C(CN1CCCC(C(=O)N2CCSCC2)C1)Nc1cc(C(F)(F)F)ccc1Cl. The normalized spacial score (nSPS) is 21.1. The van der Waals surface area contributed by atoms with E-state index in [1.165, 1.54) is 0 Å². The van der Waals surface area contributed by atoms with Gasteiger partial charge in [-0.15, -0.1) is 0 Å². The van der Waals surface area contributed by atoms with Gasteiger partial charge in [-0.3, -0.25) is 14.5 Å². The molecule has 1 aromatic carbocycles. The lowest BCUT2D eigenvalue weighted by Crippen LogP contribution is -2.48. The summed E-state index contributed by atoms with van der Waals surface area (Å²) in [5, 5.41) is 2.51. The molecule has 1 unspecified atom stereocenters. The Kier molecular flexibility index (Phi) is 7.34. The molecule has 10 heteroatoms. The number of hydrogen-bond donors (Lipinski definition) is 1. The van der Waals surface area contributed by atoms with E-state index in [2.05, 4.69) is 5.32 Å². The lowest BCUT2D eigenvalue weighted by molar-refractivity contribution is -0.138. The molecular formula is C19H23ClF3N3O2S. The Labute approximate surface area is 176 Å². The Morgan fingerprint density at radius 2 is 1.93 bits per heavy atom. The van der Waals surface area contributed by atoms with E-state index in [1.54, 1.807) is 0 Å². The molecule has 2 amide bonds. The number of nitrogens with one attached hydrogen (secondary N) is 1. The maximum absolute atomic E-state index is 12.9. The lowest BCUT2D eigenvalue weighted by atomic mass is 9.96. The van der Waals surface area contributed by atoms with Crippen molar-refractivity contribution in [3.8, 4) is 0 Å². The van der Waals surface area contributed by atoms with Gasteiger partial charge in [0.25, 0.3) is 0 Å². The fourth-order valence-electron chi connectivity index (χ4n) is 3.63. The number of halogens is 4. The minimum Gasteiger partial charge on any atom is -0.341 e. The molecule has 2 aliphatic heterocycles. The van der Waals surface area contributed by atoms with Crippen LogP contribution in [-0.2, 0) is 15.8 Å². The molecule has 0 radical (unpaired) electrons. The zero-order valence-electron chi connectivity index (χ0n) is 15.8. The van der Waals surface area contributed by atoms with Crippen LogP contribution in [0, 0.1) is 5.92 Å². The minimum absolute atomic E-state index is 0.00616. The Hall–Kier alpha value is -1.45. The van der Waals surface area contributed by atoms with Gasteiger partial charge in [-0.25, -0.2) is 0 Å². The first-order chi connectivity index (χ1) is 13.7. The number of piperidine rings is 1. The predicted octanol–water partition coefficient (Wildman–Crippen LogP) is 3.58. The van der Waals surface area contributed by atoms with Crippen molar-refractivity contribution in [1.82, 2.24) is 9.80 Å². The average Bonchev–Trinajstić information content (AvgIpc) is 2.69. The molecule has 2 saturated heterocycles. The Morgan fingerprint density at radius 1 is 1.21 bits per heavy atom. The largest absolute Gasteiger partial charge is 0.416 e. The van der Waals surface area contributed by atoms with Gasteiger partial charge in [0.05, 0.1) is 28.7 Å². The zero-order valence-corrected chi connectivity index (χ0v) is 17.4. The molecule has 1 atom stereocenters. The molecular weight excluding hydrogens is 427 g/mol. The molecule has 2 aliphatic rings. The van der Waals surface area contributed by atoms with Crippen molar-refractivity contribution in [2.75, 3.05) is 49.5 Å². The van der Waals surface area contributed by atoms with E-state index in [0.29, 0.717) is 13.1 Å². The van der Waals surface area contributed by atoms with Gasteiger partial charge >= 0.3 is 6.18 Å². The molecule has 3 rings (SSSR count). The Morgan fingerprint density at radius 3 is 2.62 bits per heavy atom. The highest BCUT2D eigenvalue weighted by Crippen LogP contribution is 2.33. The maximum Gasteiger partial charge on any atom is 0.416 e. The smallest absolute Gasteiger partial charge is 0.341 e. The first kappa shape index (κ1) is 22.2. The van der Waals surface area contributed by atoms with Gasteiger partial charge in [0.2, 0.25) is 11.8 Å². The van der Waals surface area contributed by atoms with Crippen LogP contribution < -0.4 is 5.32 Å². The van der Waals surface area contributed by atoms with Gasteiger partial charge in [0, 0.05) is 31.1 Å². The van der Waals surface area contributed by atoms with Gasteiger partial charge < -0.3 is 10.2 Å². The molecule has 0 spiro atoms. The molecule has 0 saturated carbocycles. The summed E-state index contributed by atoms with van der Waals surface area (Å²) in [5.41, 5.74) is -0.942. The number of hydrogen-bond acceptors (Lipinski definition) is 4. The fraction of sp³-hybridized carbons (Fsp3) is 0.579. The van der Waals surface area contributed by atoms with E-state index < -0.39 is 17.6 Å². The van der Waals surface area contributed by atoms with E-state index in [4.69, 9.17) is 11.6 Å². The molecule has 0 aliphatic carbocycles. The van der Waals surface area contributed by atoms with Crippen LogP contribution in [0.25, 0.3) is 0 Å². The second-order valence-electron chi connectivity index (χ2n) is 7.25. The topological polar surface area (TPSA) is 52.7 Å². The van der Waals surface area contributed by atoms with Crippen molar-refractivity contribution < 1.29 is 22.8 Å². The summed E-state index contributed by atoms with van der Waals surface area (Å²) < 4.78 is 38.6. The van der Waals surface area contributed by atoms with Crippen LogP contribution in [0.1, 0.15) is 18.4 Å². The monoisotopic (exact) mass is 449 g/mol. The van der Waals surface area contributed by atoms with Gasteiger partial charge in [-0.2, -0.15) is 24.9 Å². The van der Waals surface area contributed by atoms with Crippen molar-refractivity contribution in [3.63, 3.8) is 0 Å². The summed E-state index contributed by atoms with van der Waals surface area (Å²) in [7, 11) is 0. The van der Waals surface area contributed by atoms with Crippen LogP contribution in [0.3, 0.4) is 0 Å². The predicted molar refractivity (Wildman–Crippen MR) is 108 cm³/mol. The highest BCUT2D eigenvalue weighted by molar-refractivity contribution is 7.99. The average molecular weight is 450 g/mol. The number of carbonyl (C=O) groups excluding carboxylic acids is 2. The number of nitrogens with zero attached hydrogens (tertiary/aromatic N) is 2. The van der Waals surface area contributed by atoms with E-state index in [-0.39, 0.29) is 29.1 Å². The van der Waals surface area contributed by atoms with Crippen LogP contribution in [0.5, 0.6) is 0 Å². The summed E-state index contributed by atoms with van der Waals surface area (Å²) >= 11 is 7.77. The number of thioether (sulfide) groups is 1. The molecule has 1 N–H and O–H groups in total. The highest BCUT2D eigenvalue weighted by Gasteiger charge is 2.32. The first-order valence-corrected chi connectivity index (χ1v) is 11.0. The second kappa shape index (κ2) is 9.57. The lowest BCUT2D eigenvalue weighted by Gasteiger charge is -2.35. The number of alkyl halides is 3. The summed E-state index contributed by atoms with van der Waals surface area (Å²) in [5.74, 6) is 1.44. The molecule has 5 nitrogen and oxygen atoms in total. The van der Waals surface area contributed by atoms with Crippen molar-refractivity contribution >= 4 is 40.9 Å². The number of benzene rings is 1. The summed E-state index contributed by atoms with van der Waals surface area (Å²) in [6.07, 6.45) is -2.92. The van der Waals surface area contributed by atoms with E-state index in [9.17, 15) is 22.8 Å². The minimum atomic E-state index is -4.52. The Balaban J connectivity index is 1.57. The quantitative estimate of drug-likeness (QED) is 0.763. The number of anilines is 1. The molecule has 0 bridgehead atoms. The number of amides is 2. The molecule has 1 aromatic rings. The fourth-order valence-corrected chi connectivity index (χ4v) is 4.70. The van der Waals surface area contributed by atoms with Crippen LogP contribution in [0.4, 0.5) is 18.9 Å². The third kappa shape index (κ3) is 6.02. The van der Waals surface area contributed by atoms with Crippen LogP contribution in [0.15, 0.2) is 18.2 Å². The van der Waals surface area contributed by atoms with Crippen molar-refractivity contribution in [3.05, 3.63) is 28.8 Å². The van der Waals surface area contributed by atoms with Gasteiger partial charge in [-0.1, -0.05) is 11.6 Å². The molecule has 2 heterocycles. The van der Waals surface area contributed by atoms with Crippen molar-refractivity contribution in [2.45, 2.75) is 19.0 Å². The van der Waals surface area contributed by atoms with Gasteiger partial charge in [0.1, 0.15) is 0 Å². The molecule has 0 aromatic heterocycles. The second-order valence-corrected chi connectivity index (χ2v) is 8.88. The molecule has 2 fully saturated rings. The third-order valence-corrected chi connectivity index (χ3v) is 6.38. The standard InChI is InChI=1S/C19H23ClF3N3O2S/c20-15-4-3-14(19(21,22)23)10-16(15)24-17(27)12-25-5-1-2-13(11-25)18(28)26-6-8-29-9-7-26/h3-4,10,13H,1-2,5-9,11-12H2,(H,24,27). The first-order valence-electron chi connectivity index (χ1n) is 9.49. The van der Waals surface area contributed by atoms with Crippen molar-refractivity contribution in [2.24, 2.45) is 5.92 Å². The van der Waals surface area contributed by atoms with E-state index in [1.807, 2.05) is 21.6 Å². The summed E-state index contributed by atoms with van der Waals surface area (Å²) in [6, 6.07) is 2.82. The summed E-state index contributed by atoms with van der Waals surface area (Å²) in [6.45, 7) is 2.67. The zero-order chi connectivity index (χ0) is 21.0. The van der Waals surface area contributed by atoms with Gasteiger partial charge in [0.15, 0.2) is 0 Å². The molecule has 160 valence electrons. The Bertz CT molecular complexity index is 757. The molecule has 29 heavy (non-hydrogen) atoms.